The van der Waals surface area contributed by atoms with Crippen LogP contribution in [0.2, 0.25) is 0 Å². The fraction of sp³-hybridized carbons (Fsp3) is 0.547. The van der Waals surface area contributed by atoms with Gasteiger partial charge in [0, 0.05) is 5.56 Å². The molecule has 59 heavy (non-hydrogen) atoms. The Morgan fingerprint density at radius 2 is 0.695 bits per heavy atom. The van der Waals surface area contributed by atoms with Gasteiger partial charge >= 0.3 is 0 Å². The Morgan fingerprint density at radius 1 is 0.390 bits per heavy atom. The predicted molar refractivity (Wildman–Crippen MR) is 253 cm³/mol. The Bertz CT molecular complexity index is 1380. The minimum atomic E-state index is -1.63. The number of aliphatic hydroxyl groups is 2. The summed E-state index contributed by atoms with van der Waals surface area (Å²) in [6.45, 7) is 8.34. The topological polar surface area (TPSA) is 40.5 Å². The van der Waals surface area contributed by atoms with Crippen LogP contribution in [0.4, 0.5) is 0 Å². The Kier molecular flexibility index (Phi) is 33.1. The number of nitrogens with zero attached hydrogens (tertiary/aromatic N) is 1. The Hall–Kier alpha value is -2.04. The van der Waals surface area contributed by atoms with Crippen LogP contribution in [0.25, 0.3) is 0 Å². The lowest BCUT2D eigenvalue weighted by molar-refractivity contribution is -0.941. The highest BCUT2D eigenvalue weighted by molar-refractivity contribution is 7.95. The van der Waals surface area contributed by atoms with Gasteiger partial charge in [0.25, 0.3) is 0 Å². The van der Waals surface area contributed by atoms with E-state index in [1.165, 1.54) is 156 Å². The third-order valence-electron chi connectivity index (χ3n) is 11.9. The third kappa shape index (κ3) is 21.5. The molecule has 330 valence electrons. The molecule has 3 nitrogen and oxygen atoms in total. The van der Waals surface area contributed by atoms with E-state index in [9.17, 15) is 10.2 Å². The standard InChI is InChI=1S/C30H40P.C23H42NO2.BrH.ClH/c1-2-3-4-5-6-7-8-9-10-20-27-31(28-21-14-11-15-22-28,29-23-16-12-17-24-29)30-25-18-13-19-26-30;1-2-3-4-5-6-7-8-9-10-14-17-24(18-20-25,19-21-26)22-23-15-12-11-13-16-23;;/h11-19,21-26H,2-10,20,27H2,1H3;11-13,15-16,25-26H,2-10,14,17-22H2,1H3;2*1H/q2*+1;;/p-2. The fourth-order valence-electron chi connectivity index (χ4n) is 8.62. The summed E-state index contributed by atoms with van der Waals surface area (Å²) in [6.07, 6.45) is 28.5. The number of quaternary nitrogens is 1. The number of hydrogen-bond donors (Lipinski definition) is 2. The third-order valence-corrected chi connectivity index (χ3v) is 16.5. The molecule has 0 saturated carbocycles. The summed E-state index contributed by atoms with van der Waals surface area (Å²) in [7, 11) is -1.63. The SMILES string of the molecule is CCCCCCCCCCCC[N+](CCO)(CCO)Cc1ccccc1.CCCCCCCCCCCC[P+](c1ccccc1)(c1ccccc1)c1ccccc1.[Br-].[Cl-]. The number of aliphatic hydroxyl groups excluding tert-OH is 2. The molecule has 4 aromatic rings. The van der Waals surface area contributed by atoms with Crippen molar-refractivity contribution in [3.8, 4) is 0 Å². The van der Waals surface area contributed by atoms with E-state index in [4.69, 9.17) is 0 Å². The first-order valence-electron chi connectivity index (χ1n) is 23.3. The van der Waals surface area contributed by atoms with Crippen LogP contribution < -0.4 is 45.3 Å². The molecule has 0 aliphatic carbocycles. The Labute approximate surface area is 380 Å². The zero-order valence-corrected chi connectivity index (χ0v) is 40.4. The lowest BCUT2D eigenvalue weighted by Crippen LogP contribution is -3.00. The number of rotatable bonds is 31. The van der Waals surface area contributed by atoms with Crippen molar-refractivity contribution in [3.63, 3.8) is 0 Å². The van der Waals surface area contributed by atoms with E-state index in [0.29, 0.717) is 0 Å². The molecular weight excluding hydrogens is 829 g/mol. The lowest BCUT2D eigenvalue weighted by atomic mass is 10.1. The maximum Gasteiger partial charge on any atom is 0.112 e. The second kappa shape index (κ2) is 35.5. The molecule has 0 atom stereocenters. The predicted octanol–water partition coefficient (Wildman–Crippen LogP) is 6.82. The molecule has 0 aromatic heterocycles. The minimum absolute atomic E-state index is 0. The summed E-state index contributed by atoms with van der Waals surface area (Å²) in [4.78, 5) is 0. The van der Waals surface area contributed by atoms with Gasteiger partial charge < -0.3 is 44.1 Å². The highest BCUT2D eigenvalue weighted by Crippen LogP contribution is 2.56. The van der Waals surface area contributed by atoms with E-state index >= 15 is 0 Å². The van der Waals surface area contributed by atoms with Crippen molar-refractivity contribution in [1.82, 2.24) is 0 Å². The molecule has 0 aliphatic heterocycles. The molecule has 0 spiro atoms. The lowest BCUT2D eigenvalue weighted by Gasteiger charge is -2.38. The maximum absolute atomic E-state index is 9.57. The van der Waals surface area contributed by atoms with Crippen LogP contribution in [0.1, 0.15) is 148 Å². The van der Waals surface area contributed by atoms with Crippen LogP contribution in [-0.2, 0) is 6.54 Å². The summed E-state index contributed by atoms with van der Waals surface area (Å²) in [5, 5.41) is 23.7. The van der Waals surface area contributed by atoms with Crippen molar-refractivity contribution in [1.29, 1.82) is 0 Å². The van der Waals surface area contributed by atoms with Gasteiger partial charge in [-0.3, -0.25) is 0 Å². The summed E-state index contributed by atoms with van der Waals surface area (Å²) in [6, 6.07) is 44.4. The van der Waals surface area contributed by atoms with E-state index < -0.39 is 7.26 Å². The zero-order valence-electron chi connectivity index (χ0n) is 37.2. The van der Waals surface area contributed by atoms with Gasteiger partial charge in [0.1, 0.15) is 42.8 Å². The van der Waals surface area contributed by atoms with Crippen molar-refractivity contribution < 1.29 is 44.1 Å². The highest BCUT2D eigenvalue weighted by atomic mass is 79.9. The normalized spacial score (nSPS) is 11.3. The van der Waals surface area contributed by atoms with E-state index in [2.05, 4.69) is 129 Å². The molecule has 4 aromatic carbocycles. The van der Waals surface area contributed by atoms with Gasteiger partial charge in [-0.1, -0.05) is 202 Å². The number of halogens is 2. The molecule has 0 heterocycles. The smallest absolute Gasteiger partial charge is 0.112 e. The van der Waals surface area contributed by atoms with Gasteiger partial charge in [0.15, 0.2) is 0 Å². The first-order valence-corrected chi connectivity index (χ1v) is 25.3. The Morgan fingerprint density at radius 3 is 1.03 bits per heavy atom. The summed E-state index contributed by atoms with van der Waals surface area (Å²) in [5.41, 5.74) is 1.29. The van der Waals surface area contributed by atoms with E-state index in [1.54, 1.807) is 0 Å². The van der Waals surface area contributed by atoms with Crippen molar-refractivity contribution >= 4 is 23.2 Å². The van der Waals surface area contributed by atoms with Crippen LogP contribution in [0.15, 0.2) is 121 Å². The van der Waals surface area contributed by atoms with Crippen molar-refractivity contribution in [3.05, 3.63) is 127 Å². The number of unbranched alkanes of at least 4 members (excludes halogenated alkanes) is 18. The maximum atomic E-state index is 9.57. The highest BCUT2D eigenvalue weighted by Gasteiger charge is 2.44. The van der Waals surface area contributed by atoms with Crippen molar-refractivity contribution in [2.45, 2.75) is 149 Å². The molecule has 0 unspecified atom stereocenters. The summed E-state index contributed by atoms with van der Waals surface area (Å²) >= 11 is 0. The van der Waals surface area contributed by atoms with Gasteiger partial charge in [0.05, 0.1) is 25.9 Å². The molecule has 0 radical (unpaired) electrons. The molecule has 0 bridgehead atoms. The fourth-order valence-corrected chi connectivity index (χ4v) is 13.0. The zero-order chi connectivity index (χ0) is 40.5. The molecule has 0 aliphatic rings. The van der Waals surface area contributed by atoms with Gasteiger partial charge in [-0.2, -0.15) is 0 Å². The largest absolute Gasteiger partial charge is 1.00 e. The summed E-state index contributed by atoms with van der Waals surface area (Å²) in [5.74, 6) is 0. The van der Waals surface area contributed by atoms with Crippen LogP contribution in [0.3, 0.4) is 0 Å². The van der Waals surface area contributed by atoms with Crippen molar-refractivity contribution in [2.24, 2.45) is 0 Å². The van der Waals surface area contributed by atoms with E-state index in [0.717, 1.165) is 30.7 Å². The summed E-state index contributed by atoms with van der Waals surface area (Å²) < 4.78 is 0.800. The van der Waals surface area contributed by atoms with Gasteiger partial charge in [-0.05, 0) is 62.1 Å². The number of hydrogen-bond acceptors (Lipinski definition) is 2. The van der Waals surface area contributed by atoms with E-state index in [-0.39, 0.29) is 42.6 Å². The van der Waals surface area contributed by atoms with Crippen LogP contribution >= 0.6 is 7.26 Å². The van der Waals surface area contributed by atoms with Gasteiger partial charge in [-0.15, -0.1) is 0 Å². The Balaban J connectivity index is 0.000000580. The average Bonchev–Trinajstić information content (AvgIpc) is 3.25. The average molecular weight is 912 g/mol. The number of benzene rings is 4. The van der Waals surface area contributed by atoms with Crippen LogP contribution in [-0.4, -0.2) is 53.7 Å². The minimum Gasteiger partial charge on any atom is -1.00 e. The van der Waals surface area contributed by atoms with Gasteiger partial charge in [-0.25, -0.2) is 0 Å². The molecular formula is C53H82BrClNO2P. The molecule has 6 heteroatoms. The molecule has 0 fully saturated rings. The van der Waals surface area contributed by atoms with Gasteiger partial charge in [0.2, 0.25) is 0 Å². The van der Waals surface area contributed by atoms with Crippen LogP contribution in [0.5, 0.6) is 0 Å². The first kappa shape index (κ1) is 55.0. The molecule has 0 amide bonds. The molecule has 0 saturated heterocycles. The quantitative estimate of drug-likeness (QED) is 0.0331. The van der Waals surface area contributed by atoms with Crippen molar-refractivity contribution in [2.75, 3.05) is 39.0 Å². The molecule has 4 rings (SSSR count). The second-order valence-corrected chi connectivity index (χ2v) is 20.1. The van der Waals surface area contributed by atoms with Crippen LogP contribution in [0, 0.1) is 0 Å². The molecule has 2 N–H and O–H groups in total. The first-order chi connectivity index (χ1) is 28.1. The second-order valence-electron chi connectivity index (χ2n) is 16.5. The van der Waals surface area contributed by atoms with E-state index in [1.807, 2.05) is 6.07 Å². The monoisotopic (exact) mass is 909 g/mol.